The SMILES string of the molecule is COc1cccc(CCNc2ccc(C(=O)Nc3ccc(Cl)cc3C)nn2)c1. The molecule has 7 heteroatoms. The number of nitrogens with one attached hydrogen (secondary N) is 2. The highest BCUT2D eigenvalue weighted by atomic mass is 35.5. The molecule has 0 atom stereocenters. The Morgan fingerprint density at radius 1 is 1.11 bits per heavy atom. The van der Waals surface area contributed by atoms with E-state index >= 15 is 0 Å². The number of nitrogens with zero attached hydrogens (tertiary/aromatic N) is 2. The first kappa shape index (κ1) is 19.6. The number of rotatable bonds is 7. The Balaban J connectivity index is 1.54. The molecule has 0 aliphatic rings. The molecule has 1 heterocycles. The fraction of sp³-hybridized carbons (Fsp3) is 0.190. The van der Waals surface area contributed by atoms with E-state index in [0.717, 1.165) is 23.3 Å². The zero-order chi connectivity index (χ0) is 19.9. The van der Waals surface area contributed by atoms with Crippen LogP contribution in [0.3, 0.4) is 0 Å². The van der Waals surface area contributed by atoms with Crippen molar-refractivity contribution in [3.8, 4) is 5.75 Å². The van der Waals surface area contributed by atoms with Gasteiger partial charge in [0.1, 0.15) is 11.6 Å². The summed E-state index contributed by atoms with van der Waals surface area (Å²) in [4.78, 5) is 12.3. The summed E-state index contributed by atoms with van der Waals surface area (Å²) >= 11 is 5.94. The van der Waals surface area contributed by atoms with Crippen molar-refractivity contribution in [1.82, 2.24) is 10.2 Å². The number of amides is 1. The number of hydrogen-bond donors (Lipinski definition) is 2. The second kappa shape index (κ2) is 9.19. The molecule has 3 rings (SSSR count). The minimum atomic E-state index is -0.319. The summed E-state index contributed by atoms with van der Waals surface area (Å²) in [5, 5.41) is 14.7. The fourth-order valence-electron chi connectivity index (χ4n) is 2.66. The summed E-state index contributed by atoms with van der Waals surface area (Å²) in [7, 11) is 1.65. The third kappa shape index (κ3) is 5.20. The van der Waals surface area contributed by atoms with Crippen LogP contribution in [0.4, 0.5) is 11.5 Å². The Hall–Kier alpha value is -3.12. The van der Waals surface area contributed by atoms with E-state index in [1.807, 2.05) is 31.2 Å². The summed E-state index contributed by atoms with van der Waals surface area (Å²) in [5.41, 5.74) is 2.98. The molecule has 0 saturated carbocycles. The van der Waals surface area contributed by atoms with E-state index in [-0.39, 0.29) is 11.6 Å². The van der Waals surface area contributed by atoms with Gasteiger partial charge in [-0.1, -0.05) is 23.7 Å². The lowest BCUT2D eigenvalue weighted by Crippen LogP contribution is -2.16. The number of aryl methyl sites for hydroxylation is 1. The number of aromatic nitrogens is 2. The highest BCUT2D eigenvalue weighted by Gasteiger charge is 2.10. The Morgan fingerprint density at radius 2 is 1.96 bits per heavy atom. The minimum absolute atomic E-state index is 0.243. The third-order valence-corrected chi connectivity index (χ3v) is 4.42. The summed E-state index contributed by atoms with van der Waals surface area (Å²) in [6.45, 7) is 2.57. The lowest BCUT2D eigenvalue weighted by molar-refractivity contribution is 0.102. The summed E-state index contributed by atoms with van der Waals surface area (Å²) < 4.78 is 5.22. The first-order valence-corrected chi connectivity index (χ1v) is 9.21. The van der Waals surface area contributed by atoms with Crippen LogP contribution < -0.4 is 15.4 Å². The largest absolute Gasteiger partial charge is 0.497 e. The van der Waals surface area contributed by atoms with Crippen LogP contribution in [0, 0.1) is 6.92 Å². The monoisotopic (exact) mass is 396 g/mol. The van der Waals surface area contributed by atoms with Crippen LogP contribution in [-0.4, -0.2) is 29.8 Å². The lowest BCUT2D eigenvalue weighted by Gasteiger charge is -2.09. The average molecular weight is 397 g/mol. The molecule has 0 fully saturated rings. The van der Waals surface area contributed by atoms with Gasteiger partial charge in [-0.2, -0.15) is 0 Å². The van der Waals surface area contributed by atoms with Crippen molar-refractivity contribution < 1.29 is 9.53 Å². The zero-order valence-corrected chi connectivity index (χ0v) is 16.5. The van der Waals surface area contributed by atoms with Crippen LogP contribution in [0.5, 0.6) is 5.75 Å². The number of ether oxygens (including phenoxy) is 1. The average Bonchev–Trinajstić information content (AvgIpc) is 2.71. The molecule has 0 spiro atoms. The molecule has 3 aromatic rings. The molecule has 0 aliphatic heterocycles. The second-order valence-corrected chi connectivity index (χ2v) is 6.68. The highest BCUT2D eigenvalue weighted by molar-refractivity contribution is 6.30. The first-order valence-electron chi connectivity index (χ1n) is 8.83. The van der Waals surface area contributed by atoms with Gasteiger partial charge in [0.05, 0.1) is 7.11 Å². The van der Waals surface area contributed by atoms with E-state index in [0.29, 0.717) is 23.1 Å². The molecular formula is C21H21ClN4O2. The van der Waals surface area contributed by atoms with Crippen molar-refractivity contribution in [2.45, 2.75) is 13.3 Å². The van der Waals surface area contributed by atoms with E-state index in [2.05, 4.69) is 20.8 Å². The van der Waals surface area contributed by atoms with Gasteiger partial charge >= 0.3 is 0 Å². The molecule has 0 bridgehead atoms. The predicted molar refractivity (Wildman–Crippen MR) is 111 cm³/mol. The van der Waals surface area contributed by atoms with Gasteiger partial charge in [0.2, 0.25) is 0 Å². The van der Waals surface area contributed by atoms with Crippen molar-refractivity contribution in [3.63, 3.8) is 0 Å². The molecule has 2 aromatic carbocycles. The topological polar surface area (TPSA) is 76.1 Å². The van der Waals surface area contributed by atoms with E-state index in [9.17, 15) is 4.79 Å². The molecule has 28 heavy (non-hydrogen) atoms. The molecule has 1 amide bonds. The van der Waals surface area contributed by atoms with Crippen molar-refractivity contribution in [2.75, 3.05) is 24.3 Å². The Labute approximate surface area is 168 Å². The Kier molecular flexibility index (Phi) is 6.45. The van der Waals surface area contributed by atoms with Crippen molar-refractivity contribution in [3.05, 3.63) is 76.4 Å². The van der Waals surface area contributed by atoms with Crippen molar-refractivity contribution in [2.24, 2.45) is 0 Å². The zero-order valence-electron chi connectivity index (χ0n) is 15.7. The first-order chi connectivity index (χ1) is 13.5. The summed E-state index contributed by atoms with van der Waals surface area (Å²) in [5.74, 6) is 1.13. The van der Waals surface area contributed by atoms with Crippen LogP contribution in [0.15, 0.2) is 54.6 Å². The van der Waals surface area contributed by atoms with Crippen molar-refractivity contribution >= 4 is 29.0 Å². The maximum Gasteiger partial charge on any atom is 0.276 e. The standard InChI is InChI=1S/C21H21ClN4O2/c1-14-12-16(22)6-7-18(14)24-21(27)19-8-9-20(26-25-19)23-11-10-15-4-3-5-17(13-15)28-2/h3-9,12-13H,10-11H2,1-2H3,(H,23,26)(H,24,27). The van der Waals surface area contributed by atoms with E-state index in [1.54, 1.807) is 37.4 Å². The molecule has 0 aliphatic carbocycles. The number of carbonyl (C=O) groups excluding carboxylic acids is 1. The van der Waals surface area contributed by atoms with E-state index in [4.69, 9.17) is 16.3 Å². The smallest absolute Gasteiger partial charge is 0.276 e. The summed E-state index contributed by atoms with van der Waals surface area (Å²) in [6, 6.07) is 16.6. The third-order valence-electron chi connectivity index (χ3n) is 4.19. The van der Waals surface area contributed by atoms with Gasteiger partial charge < -0.3 is 15.4 Å². The minimum Gasteiger partial charge on any atom is -0.497 e. The molecular weight excluding hydrogens is 376 g/mol. The van der Waals surface area contributed by atoms with Crippen LogP contribution in [0.1, 0.15) is 21.6 Å². The fourth-order valence-corrected chi connectivity index (χ4v) is 2.89. The number of methoxy groups -OCH3 is 1. The number of benzene rings is 2. The number of carbonyl (C=O) groups is 1. The van der Waals surface area contributed by atoms with Gasteiger partial charge in [0.15, 0.2) is 5.69 Å². The number of halogens is 1. The number of anilines is 2. The quantitative estimate of drug-likeness (QED) is 0.620. The van der Waals surface area contributed by atoms with Gasteiger partial charge in [0.25, 0.3) is 5.91 Å². The van der Waals surface area contributed by atoms with Gasteiger partial charge in [-0.05, 0) is 66.9 Å². The summed E-state index contributed by atoms with van der Waals surface area (Å²) in [6.07, 6.45) is 0.816. The molecule has 0 radical (unpaired) electrons. The van der Waals surface area contributed by atoms with E-state index < -0.39 is 0 Å². The number of hydrogen-bond acceptors (Lipinski definition) is 5. The lowest BCUT2D eigenvalue weighted by atomic mass is 10.1. The van der Waals surface area contributed by atoms with Crippen LogP contribution in [-0.2, 0) is 6.42 Å². The Morgan fingerprint density at radius 3 is 2.68 bits per heavy atom. The molecule has 2 N–H and O–H groups in total. The normalized spacial score (nSPS) is 10.4. The van der Waals surface area contributed by atoms with Gasteiger partial charge in [0, 0.05) is 17.3 Å². The van der Waals surface area contributed by atoms with E-state index in [1.165, 1.54) is 0 Å². The van der Waals surface area contributed by atoms with Gasteiger partial charge in [-0.15, -0.1) is 10.2 Å². The van der Waals surface area contributed by atoms with Gasteiger partial charge in [-0.25, -0.2) is 0 Å². The predicted octanol–water partition coefficient (Wildman–Crippen LogP) is 4.35. The molecule has 6 nitrogen and oxygen atoms in total. The van der Waals surface area contributed by atoms with Crippen molar-refractivity contribution in [1.29, 1.82) is 0 Å². The van der Waals surface area contributed by atoms with Crippen LogP contribution in [0.2, 0.25) is 5.02 Å². The molecule has 0 unspecified atom stereocenters. The van der Waals surface area contributed by atoms with Gasteiger partial charge in [-0.3, -0.25) is 4.79 Å². The highest BCUT2D eigenvalue weighted by Crippen LogP contribution is 2.20. The molecule has 0 saturated heterocycles. The second-order valence-electron chi connectivity index (χ2n) is 6.25. The maximum absolute atomic E-state index is 12.3. The Bertz CT molecular complexity index is 961. The molecule has 1 aromatic heterocycles. The van der Waals surface area contributed by atoms with Crippen LogP contribution in [0.25, 0.3) is 0 Å². The van der Waals surface area contributed by atoms with Crippen LogP contribution >= 0.6 is 11.6 Å². The molecule has 144 valence electrons. The maximum atomic E-state index is 12.3.